The lowest BCUT2D eigenvalue weighted by molar-refractivity contribution is -0.141. The van der Waals surface area contributed by atoms with Crippen LogP contribution in [-0.4, -0.2) is 40.6 Å². The molecule has 0 spiro atoms. The minimum atomic E-state index is -0.292. The Morgan fingerprint density at radius 1 is 1.44 bits per heavy atom. The number of carbonyl (C=O) groups excluding carboxylic acids is 1. The fraction of sp³-hybridized carbons (Fsp3) is 0.455. The standard InChI is InChI=1S/C11H16N4O2S/c1-3-15(7-10(16)17-4-2)9-6-13-8(5-14-9)11(12)18/h5-6H,3-4,7H2,1-2H3,(H2,12,18). The van der Waals surface area contributed by atoms with Crippen LogP contribution < -0.4 is 10.6 Å². The number of anilines is 1. The Bertz CT molecular complexity index is 422. The summed E-state index contributed by atoms with van der Waals surface area (Å²) in [5.41, 5.74) is 5.89. The summed E-state index contributed by atoms with van der Waals surface area (Å²) < 4.78 is 4.89. The Hall–Kier alpha value is -1.76. The predicted molar refractivity (Wildman–Crippen MR) is 72.4 cm³/mol. The van der Waals surface area contributed by atoms with Gasteiger partial charge in [0.15, 0.2) is 0 Å². The Balaban J connectivity index is 2.76. The molecular formula is C11H16N4O2S. The quantitative estimate of drug-likeness (QED) is 0.594. The van der Waals surface area contributed by atoms with Crippen molar-refractivity contribution in [1.82, 2.24) is 9.97 Å². The zero-order chi connectivity index (χ0) is 13.5. The highest BCUT2D eigenvalue weighted by Crippen LogP contribution is 2.08. The molecule has 0 unspecified atom stereocenters. The average Bonchev–Trinajstić information content (AvgIpc) is 2.36. The summed E-state index contributed by atoms with van der Waals surface area (Å²) in [6, 6.07) is 0. The van der Waals surface area contributed by atoms with Crippen LogP contribution in [0.15, 0.2) is 12.4 Å². The maximum absolute atomic E-state index is 11.4. The molecule has 18 heavy (non-hydrogen) atoms. The van der Waals surface area contributed by atoms with E-state index in [4.69, 9.17) is 22.7 Å². The monoisotopic (exact) mass is 268 g/mol. The van der Waals surface area contributed by atoms with Gasteiger partial charge in [-0.1, -0.05) is 12.2 Å². The number of likely N-dealkylation sites (N-methyl/N-ethyl adjacent to an activating group) is 1. The predicted octanol–water partition coefficient (Wildman–Crippen LogP) is 0.500. The van der Waals surface area contributed by atoms with Crippen molar-refractivity contribution in [3.05, 3.63) is 18.1 Å². The molecule has 1 aromatic heterocycles. The van der Waals surface area contributed by atoms with Gasteiger partial charge < -0.3 is 15.4 Å². The highest BCUT2D eigenvalue weighted by Gasteiger charge is 2.12. The molecule has 7 heteroatoms. The van der Waals surface area contributed by atoms with Crippen molar-refractivity contribution in [3.8, 4) is 0 Å². The minimum Gasteiger partial charge on any atom is -0.465 e. The topological polar surface area (TPSA) is 81.3 Å². The number of carbonyl (C=O) groups is 1. The minimum absolute atomic E-state index is 0.144. The molecule has 0 aliphatic carbocycles. The molecule has 1 aromatic rings. The van der Waals surface area contributed by atoms with E-state index in [0.29, 0.717) is 24.7 Å². The lowest BCUT2D eigenvalue weighted by Gasteiger charge is -2.20. The van der Waals surface area contributed by atoms with Crippen LogP contribution >= 0.6 is 12.2 Å². The van der Waals surface area contributed by atoms with Gasteiger partial charge in [0.2, 0.25) is 0 Å². The molecule has 0 atom stereocenters. The summed E-state index contributed by atoms with van der Waals surface area (Å²) in [4.78, 5) is 21.6. The molecule has 6 nitrogen and oxygen atoms in total. The van der Waals surface area contributed by atoms with Gasteiger partial charge in [0, 0.05) is 6.54 Å². The summed E-state index contributed by atoms with van der Waals surface area (Å²) in [5.74, 6) is 0.296. The van der Waals surface area contributed by atoms with E-state index in [1.807, 2.05) is 6.92 Å². The van der Waals surface area contributed by atoms with E-state index in [-0.39, 0.29) is 17.5 Å². The van der Waals surface area contributed by atoms with E-state index >= 15 is 0 Å². The molecule has 0 amide bonds. The second kappa shape index (κ2) is 6.85. The number of hydrogen-bond donors (Lipinski definition) is 1. The molecule has 98 valence electrons. The zero-order valence-electron chi connectivity index (χ0n) is 10.4. The van der Waals surface area contributed by atoms with Crippen LogP contribution in [0.2, 0.25) is 0 Å². The number of nitrogens with two attached hydrogens (primary N) is 1. The van der Waals surface area contributed by atoms with Crippen molar-refractivity contribution in [2.75, 3.05) is 24.6 Å². The molecule has 0 fully saturated rings. The molecule has 0 aromatic carbocycles. The first-order chi connectivity index (χ1) is 8.58. The molecular weight excluding hydrogens is 252 g/mol. The van der Waals surface area contributed by atoms with Crippen LogP contribution in [0.25, 0.3) is 0 Å². The SMILES string of the molecule is CCOC(=O)CN(CC)c1cnc(C(N)=S)cn1. The van der Waals surface area contributed by atoms with Crippen LogP contribution in [0, 0.1) is 0 Å². The number of esters is 1. The lowest BCUT2D eigenvalue weighted by Crippen LogP contribution is -2.31. The van der Waals surface area contributed by atoms with Crippen LogP contribution in [0.4, 0.5) is 5.82 Å². The zero-order valence-corrected chi connectivity index (χ0v) is 11.2. The van der Waals surface area contributed by atoms with Crippen molar-refractivity contribution in [3.63, 3.8) is 0 Å². The largest absolute Gasteiger partial charge is 0.465 e. The van der Waals surface area contributed by atoms with Crippen LogP contribution in [0.1, 0.15) is 19.5 Å². The molecule has 0 aliphatic heterocycles. The summed E-state index contributed by atoms with van der Waals surface area (Å²) in [6.07, 6.45) is 3.03. The van der Waals surface area contributed by atoms with E-state index in [2.05, 4.69) is 9.97 Å². The molecule has 0 aliphatic rings. The van der Waals surface area contributed by atoms with Crippen LogP contribution in [0.3, 0.4) is 0 Å². The molecule has 1 rings (SSSR count). The van der Waals surface area contributed by atoms with E-state index in [1.165, 1.54) is 12.4 Å². The van der Waals surface area contributed by atoms with Crippen molar-refractivity contribution < 1.29 is 9.53 Å². The number of rotatable bonds is 6. The third-order valence-electron chi connectivity index (χ3n) is 2.22. The van der Waals surface area contributed by atoms with E-state index in [0.717, 1.165) is 0 Å². The molecule has 1 heterocycles. The van der Waals surface area contributed by atoms with Gasteiger partial charge in [-0.25, -0.2) is 9.97 Å². The van der Waals surface area contributed by atoms with Gasteiger partial charge in [-0.2, -0.15) is 0 Å². The molecule has 0 radical (unpaired) electrons. The molecule has 2 N–H and O–H groups in total. The maximum atomic E-state index is 11.4. The van der Waals surface area contributed by atoms with Gasteiger partial charge in [-0.3, -0.25) is 4.79 Å². The van der Waals surface area contributed by atoms with Gasteiger partial charge in [0.25, 0.3) is 0 Å². The number of hydrogen-bond acceptors (Lipinski definition) is 6. The Kier molecular flexibility index (Phi) is 5.44. The van der Waals surface area contributed by atoms with Crippen molar-refractivity contribution in [2.24, 2.45) is 5.73 Å². The van der Waals surface area contributed by atoms with Crippen LogP contribution in [-0.2, 0) is 9.53 Å². The molecule has 0 bridgehead atoms. The second-order valence-corrected chi connectivity index (χ2v) is 3.88. The second-order valence-electron chi connectivity index (χ2n) is 3.44. The Morgan fingerprint density at radius 2 is 2.17 bits per heavy atom. The van der Waals surface area contributed by atoms with Crippen LogP contribution in [0.5, 0.6) is 0 Å². The van der Waals surface area contributed by atoms with Gasteiger partial charge in [0.1, 0.15) is 23.0 Å². The first kappa shape index (κ1) is 14.3. The maximum Gasteiger partial charge on any atom is 0.325 e. The first-order valence-corrected chi connectivity index (χ1v) is 6.01. The third kappa shape index (κ3) is 3.92. The van der Waals surface area contributed by atoms with Gasteiger partial charge in [-0.05, 0) is 13.8 Å². The lowest BCUT2D eigenvalue weighted by atomic mass is 10.4. The van der Waals surface area contributed by atoms with Gasteiger partial charge in [-0.15, -0.1) is 0 Å². The number of aromatic nitrogens is 2. The fourth-order valence-corrected chi connectivity index (χ4v) is 1.43. The van der Waals surface area contributed by atoms with Crippen molar-refractivity contribution in [2.45, 2.75) is 13.8 Å². The summed E-state index contributed by atoms with van der Waals surface area (Å²) >= 11 is 4.79. The van der Waals surface area contributed by atoms with E-state index in [1.54, 1.807) is 11.8 Å². The molecule has 0 saturated heterocycles. The fourth-order valence-electron chi connectivity index (χ4n) is 1.33. The number of ether oxygens (including phenoxy) is 1. The summed E-state index contributed by atoms with van der Waals surface area (Å²) in [5, 5.41) is 0. The highest BCUT2D eigenvalue weighted by molar-refractivity contribution is 7.80. The summed E-state index contributed by atoms with van der Waals surface area (Å²) in [7, 11) is 0. The van der Waals surface area contributed by atoms with E-state index < -0.39 is 0 Å². The smallest absolute Gasteiger partial charge is 0.325 e. The van der Waals surface area contributed by atoms with E-state index in [9.17, 15) is 4.79 Å². The number of thiocarbonyl (C=S) groups is 1. The molecule has 0 saturated carbocycles. The van der Waals surface area contributed by atoms with Crippen molar-refractivity contribution >= 4 is 29.0 Å². The normalized spacial score (nSPS) is 9.89. The van der Waals surface area contributed by atoms with Gasteiger partial charge in [0.05, 0.1) is 19.0 Å². The highest BCUT2D eigenvalue weighted by atomic mass is 32.1. The first-order valence-electron chi connectivity index (χ1n) is 5.60. The van der Waals surface area contributed by atoms with Gasteiger partial charge >= 0.3 is 5.97 Å². The Labute approximate surface area is 111 Å². The third-order valence-corrected chi connectivity index (χ3v) is 2.43. The average molecular weight is 268 g/mol. The number of nitrogens with zero attached hydrogens (tertiary/aromatic N) is 3. The van der Waals surface area contributed by atoms with Crippen molar-refractivity contribution in [1.29, 1.82) is 0 Å². The summed E-state index contributed by atoms with van der Waals surface area (Å²) in [6.45, 7) is 4.82. The Morgan fingerprint density at radius 3 is 2.61 bits per heavy atom.